The predicted octanol–water partition coefficient (Wildman–Crippen LogP) is 4.83. The second-order valence-corrected chi connectivity index (χ2v) is 9.80. The van der Waals surface area contributed by atoms with Gasteiger partial charge in [0, 0.05) is 56.6 Å². The molecule has 4 heterocycles. The van der Waals surface area contributed by atoms with Crippen LogP contribution >= 0.6 is 36.6 Å². The van der Waals surface area contributed by atoms with Crippen LogP contribution in [-0.4, -0.2) is 67.6 Å². The van der Waals surface area contributed by atoms with Crippen molar-refractivity contribution in [3.8, 4) is 11.5 Å². The van der Waals surface area contributed by atoms with Crippen molar-refractivity contribution in [2.45, 2.75) is 30.2 Å². The second-order valence-electron chi connectivity index (χ2n) is 8.74. The van der Waals surface area contributed by atoms with Gasteiger partial charge in [-0.05, 0) is 37.4 Å². The average Bonchev–Trinajstić information content (AvgIpc) is 3.51. The number of nitrogens with zero attached hydrogens (tertiary/aromatic N) is 7. The van der Waals surface area contributed by atoms with Crippen LogP contribution in [-0.2, 0) is 13.2 Å². The number of anilines is 1. The molecule has 0 amide bonds. The molecule has 13 heteroatoms. The van der Waals surface area contributed by atoms with Crippen LogP contribution in [0.1, 0.15) is 18.4 Å². The van der Waals surface area contributed by atoms with Gasteiger partial charge in [-0.3, -0.25) is 4.98 Å². The van der Waals surface area contributed by atoms with Crippen molar-refractivity contribution < 1.29 is 13.2 Å². The van der Waals surface area contributed by atoms with Crippen LogP contribution in [0.2, 0.25) is 0 Å². The Morgan fingerprint density at radius 2 is 1.89 bits per heavy atom. The summed E-state index contributed by atoms with van der Waals surface area (Å²) in [5.74, 6) is 1.99. The van der Waals surface area contributed by atoms with Gasteiger partial charge in [-0.1, -0.05) is 23.9 Å². The van der Waals surface area contributed by atoms with E-state index in [0.717, 1.165) is 43.4 Å². The molecule has 0 saturated carbocycles. The predicted molar refractivity (Wildman–Crippen MR) is 139 cm³/mol. The molecule has 36 heavy (non-hydrogen) atoms. The molecule has 2 aliphatic rings. The fourth-order valence-electron chi connectivity index (χ4n) is 5.02. The summed E-state index contributed by atoms with van der Waals surface area (Å²) in [5, 5.41) is 9.34. The molecule has 1 aromatic carbocycles. The SMILES string of the molecule is Cl.Cl.Cn1c(SCCCN2C[C@H]3CCN(c4ccccc4C(F)(F)F)[C@H]3C2)nnc1-c1cnccn1. The van der Waals surface area contributed by atoms with Crippen LogP contribution in [0.3, 0.4) is 0 Å². The molecule has 2 fully saturated rings. The molecule has 0 bridgehead atoms. The van der Waals surface area contributed by atoms with Gasteiger partial charge in [0.25, 0.3) is 0 Å². The maximum Gasteiger partial charge on any atom is 0.418 e. The van der Waals surface area contributed by atoms with E-state index in [1.165, 1.54) is 12.1 Å². The lowest BCUT2D eigenvalue weighted by molar-refractivity contribution is -0.137. The lowest BCUT2D eigenvalue weighted by Crippen LogP contribution is -2.36. The van der Waals surface area contributed by atoms with Gasteiger partial charge in [0.15, 0.2) is 11.0 Å². The Morgan fingerprint density at radius 1 is 1.08 bits per heavy atom. The Bertz CT molecular complexity index is 1130. The quantitative estimate of drug-likeness (QED) is 0.302. The number of para-hydroxylation sites is 1. The first-order valence-electron chi connectivity index (χ1n) is 11.4. The van der Waals surface area contributed by atoms with Crippen molar-refractivity contribution in [2.75, 3.05) is 36.8 Å². The molecule has 196 valence electrons. The Kier molecular flexibility index (Phi) is 9.48. The van der Waals surface area contributed by atoms with E-state index in [0.29, 0.717) is 29.7 Å². The zero-order valence-electron chi connectivity index (χ0n) is 19.6. The normalized spacial score (nSPS) is 19.6. The summed E-state index contributed by atoms with van der Waals surface area (Å²) in [5.41, 5.74) is 0.473. The van der Waals surface area contributed by atoms with Crippen molar-refractivity contribution >= 4 is 42.3 Å². The Morgan fingerprint density at radius 3 is 2.64 bits per heavy atom. The lowest BCUT2D eigenvalue weighted by Gasteiger charge is -2.29. The smallest absolute Gasteiger partial charge is 0.366 e. The van der Waals surface area contributed by atoms with Gasteiger partial charge in [-0.15, -0.1) is 35.0 Å². The summed E-state index contributed by atoms with van der Waals surface area (Å²) in [4.78, 5) is 12.7. The third kappa shape index (κ3) is 5.90. The number of hydrogen-bond acceptors (Lipinski definition) is 7. The third-order valence-electron chi connectivity index (χ3n) is 6.62. The first kappa shape index (κ1) is 28.5. The number of hydrogen-bond donors (Lipinski definition) is 0. The van der Waals surface area contributed by atoms with Crippen LogP contribution in [0.25, 0.3) is 11.5 Å². The largest absolute Gasteiger partial charge is 0.418 e. The number of alkyl halides is 3. The van der Waals surface area contributed by atoms with Crippen molar-refractivity contribution in [3.05, 3.63) is 48.4 Å². The number of aromatic nitrogens is 5. The maximum absolute atomic E-state index is 13.5. The monoisotopic (exact) mass is 561 g/mol. The molecule has 2 saturated heterocycles. The highest BCUT2D eigenvalue weighted by atomic mass is 35.5. The van der Waals surface area contributed by atoms with E-state index in [9.17, 15) is 13.2 Å². The van der Waals surface area contributed by atoms with E-state index in [2.05, 4.69) is 25.1 Å². The first-order valence-corrected chi connectivity index (χ1v) is 12.3. The van der Waals surface area contributed by atoms with Crippen LogP contribution in [0.5, 0.6) is 0 Å². The molecule has 5 rings (SSSR count). The minimum Gasteiger partial charge on any atom is -0.366 e. The molecule has 0 unspecified atom stereocenters. The number of likely N-dealkylation sites (tertiary alicyclic amines) is 1. The number of halogens is 5. The summed E-state index contributed by atoms with van der Waals surface area (Å²) in [6, 6.07) is 6.11. The lowest BCUT2D eigenvalue weighted by atomic mass is 10.0. The van der Waals surface area contributed by atoms with Gasteiger partial charge in [0.05, 0.1) is 11.8 Å². The minimum absolute atomic E-state index is 0. The summed E-state index contributed by atoms with van der Waals surface area (Å²) in [7, 11) is 1.92. The molecular weight excluding hydrogens is 534 g/mol. The van der Waals surface area contributed by atoms with Crippen molar-refractivity contribution in [1.82, 2.24) is 29.6 Å². The molecular formula is C23H28Cl2F3N7S. The Labute approximate surface area is 224 Å². The topological polar surface area (TPSA) is 63.0 Å². The highest BCUT2D eigenvalue weighted by Gasteiger charge is 2.44. The minimum atomic E-state index is -4.34. The van der Waals surface area contributed by atoms with E-state index in [1.54, 1.807) is 42.5 Å². The van der Waals surface area contributed by atoms with Crippen LogP contribution in [0, 0.1) is 5.92 Å². The van der Waals surface area contributed by atoms with E-state index < -0.39 is 11.7 Å². The molecule has 0 aliphatic carbocycles. The standard InChI is InChI=1S/C23H26F3N7S.2ClH/c1-31-21(18-13-27-8-9-28-18)29-30-22(31)34-12-4-10-32-14-16-7-11-33(20(16)15-32)19-6-3-2-5-17(19)23(24,25)26;;/h2-3,5-6,8-9,13,16,20H,4,7,10-12,14-15H2,1H3;2*1H/t16-,20+;;/m1../s1. The van der Waals surface area contributed by atoms with Crippen LogP contribution in [0.15, 0.2) is 48.0 Å². The van der Waals surface area contributed by atoms with Crippen LogP contribution in [0.4, 0.5) is 18.9 Å². The zero-order valence-corrected chi connectivity index (χ0v) is 22.1. The van der Waals surface area contributed by atoms with Gasteiger partial charge in [0.1, 0.15) is 5.69 Å². The zero-order chi connectivity index (χ0) is 23.7. The van der Waals surface area contributed by atoms with Crippen molar-refractivity contribution in [2.24, 2.45) is 13.0 Å². The molecule has 3 aromatic rings. The highest BCUT2D eigenvalue weighted by Crippen LogP contribution is 2.41. The fourth-order valence-corrected chi connectivity index (χ4v) is 5.86. The van der Waals surface area contributed by atoms with E-state index >= 15 is 0 Å². The van der Waals surface area contributed by atoms with Crippen molar-refractivity contribution in [1.29, 1.82) is 0 Å². The number of rotatable bonds is 7. The average molecular weight is 562 g/mol. The maximum atomic E-state index is 13.5. The number of fused-ring (bicyclic) bond motifs is 1. The summed E-state index contributed by atoms with van der Waals surface area (Å²) in [6.07, 6.45) is 2.49. The van der Waals surface area contributed by atoms with Gasteiger partial charge >= 0.3 is 6.18 Å². The van der Waals surface area contributed by atoms with E-state index in [1.807, 2.05) is 16.5 Å². The summed E-state index contributed by atoms with van der Waals surface area (Å²) >= 11 is 1.65. The highest BCUT2D eigenvalue weighted by molar-refractivity contribution is 7.99. The van der Waals surface area contributed by atoms with Crippen molar-refractivity contribution in [3.63, 3.8) is 0 Å². The molecule has 2 aromatic heterocycles. The van der Waals surface area contributed by atoms with E-state index in [4.69, 9.17) is 0 Å². The molecule has 2 aliphatic heterocycles. The first-order chi connectivity index (χ1) is 16.4. The van der Waals surface area contributed by atoms with E-state index in [-0.39, 0.29) is 30.9 Å². The van der Waals surface area contributed by atoms with Gasteiger partial charge in [-0.25, -0.2) is 4.98 Å². The fraction of sp³-hybridized carbons (Fsp3) is 0.478. The molecule has 2 atom stereocenters. The van der Waals surface area contributed by atoms with Gasteiger partial charge in [-0.2, -0.15) is 13.2 Å². The molecule has 0 N–H and O–H groups in total. The Hall–Kier alpha value is -2.08. The second kappa shape index (κ2) is 12.0. The number of benzene rings is 1. The Balaban J connectivity index is 0.00000180. The molecule has 0 radical (unpaired) electrons. The molecule has 0 spiro atoms. The summed E-state index contributed by atoms with van der Waals surface area (Å²) in [6.45, 7) is 3.36. The van der Waals surface area contributed by atoms with Gasteiger partial charge < -0.3 is 14.4 Å². The van der Waals surface area contributed by atoms with Crippen LogP contribution < -0.4 is 4.90 Å². The summed E-state index contributed by atoms with van der Waals surface area (Å²) < 4.78 is 42.5. The third-order valence-corrected chi connectivity index (χ3v) is 7.73. The van der Waals surface area contributed by atoms with Gasteiger partial charge in [0.2, 0.25) is 0 Å². The number of thioether (sulfide) groups is 1. The molecule has 7 nitrogen and oxygen atoms in total.